The Hall–Kier alpha value is -3.55. The van der Waals surface area contributed by atoms with Gasteiger partial charge >= 0.3 is 5.97 Å². The summed E-state index contributed by atoms with van der Waals surface area (Å²) < 4.78 is 7.61. The van der Waals surface area contributed by atoms with Gasteiger partial charge in [0.25, 0.3) is 5.91 Å². The molecule has 4 aromatic rings. The zero-order valence-electron chi connectivity index (χ0n) is 18.6. The van der Waals surface area contributed by atoms with Crippen molar-refractivity contribution >= 4 is 50.8 Å². The molecule has 0 radical (unpaired) electrons. The number of ether oxygens (including phenoxy) is 1. The number of rotatable bonds is 6. The standard InChI is InChI=1S/C26H21ClN2O4S/c1-3-33-22(30)15-29-23-16(2)20(27)13-14-21(23)34-26(29)28-25(32)19-11-9-18(10-12-19)24(31)17-7-5-4-6-8-17/h4-14H,3,15H2,1-2H3. The van der Waals surface area contributed by atoms with Crippen molar-refractivity contribution in [2.45, 2.75) is 20.4 Å². The van der Waals surface area contributed by atoms with E-state index >= 15 is 0 Å². The largest absolute Gasteiger partial charge is 0.465 e. The summed E-state index contributed by atoms with van der Waals surface area (Å²) in [6.45, 7) is 3.75. The van der Waals surface area contributed by atoms with Gasteiger partial charge < -0.3 is 9.30 Å². The lowest BCUT2D eigenvalue weighted by molar-refractivity contribution is -0.143. The fourth-order valence-electron chi connectivity index (χ4n) is 3.55. The van der Waals surface area contributed by atoms with Gasteiger partial charge in [0, 0.05) is 21.7 Å². The van der Waals surface area contributed by atoms with Crippen LogP contribution in [0.15, 0.2) is 71.7 Å². The van der Waals surface area contributed by atoms with Crippen molar-refractivity contribution in [3.8, 4) is 0 Å². The summed E-state index contributed by atoms with van der Waals surface area (Å²) in [4.78, 5) is 42.5. The average molecular weight is 493 g/mol. The molecule has 0 saturated heterocycles. The van der Waals surface area contributed by atoms with Crippen LogP contribution in [0, 0.1) is 6.92 Å². The SMILES string of the molecule is CCOC(=O)Cn1c(=NC(=O)c2ccc(C(=O)c3ccccc3)cc2)sc2ccc(Cl)c(C)c21. The summed E-state index contributed by atoms with van der Waals surface area (Å²) in [5.41, 5.74) is 2.91. The van der Waals surface area contributed by atoms with Gasteiger partial charge in [-0.3, -0.25) is 14.4 Å². The van der Waals surface area contributed by atoms with Gasteiger partial charge in [-0.2, -0.15) is 4.99 Å². The van der Waals surface area contributed by atoms with Crippen LogP contribution in [0.3, 0.4) is 0 Å². The first-order valence-corrected chi connectivity index (χ1v) is 11.8. The van der Waals surface area contributed by atoms with Gasteiger partial charge in [-0.1, -0.05) is 65.4 Å². The predicted molar refractivity (Wildman–Crippen MR) is 132 cm³/mol. The summed E-state index contributed by atoms with van der Waals surface area (Å²) in [5.74, 6) is -1.04. The summed E-state index contributed by atoms with van der Waals surface area (Å²) >= 11 is 7.59. The maximum Gasteiger partial charge on any atom is 0.326 e. The van der Waals surface area contributed by atoms with Crippen molar-refractivity contribution in [1.82, 2.24) is 4.57 Å². The molecule has 0 fully saturated rings. The van der Waals surface area contributed by atoms with Crippen molar-refractivity contribution < 1.29 is 19.1 Å². The molecule has 0 saturated carbocycles. The first-order chi connectivity index (χ1) is 16.4. The Labute approximate surface area is 205 Å². The summed E-state index contributed by atoms with van der Waals surface area (Å²) in [5, 5.41) is 0.555. The second-order valence-electron chi connectivity index (χ2n) is 7.48. The van der Waals surface area contributed by atoms with Crippen LogP contribution in [0.2, 0.25) is 5.02 Å². The van der Waals surface area contributed by atoms with Crippen LogP contribution in [-0.2, 0) is 16.1 Å². The van der Waals surface area contributed by atoms with Gasteiger partial charge in [0.05, 0.1) is 16.8 Å². The number of thiazole rings is 1. The van der Waals surface area contributed by atoms with Crippen LogP contribution in [0.1, 0.15) is 38.8 Å². The maximum absolute atomic E-state index is 13.0. The molecule has 0 aliphatic carbocycles. The molecule has 172 valence electrons. The van der Waals surface area contributed by atoms with E-state index in [1.54, 1.807) is 66.1 Å². The van der Waals surface area contributed by atoms with E-state index in [1.165, 1.54) is 11.3 Å². The number of fused-ring (bicyclic) bond motifs is 1. The van der Waals surface area contributed by atoms with Gasteiger partial charge in [0.1, 0.15) is 6.54 Å². The fraction of sp³-hybridized carbons (Fsp3) is 0.154. The highest BCUT2D eigenvalue weighted by molar-refractivity contribution is 7.16. The summed E-state index contributed by atoms with van der Waals surface area (Å²) in [7, 11) is 0. The van der Waals surface area contributed by atoms with E-state index < -0.39 is 11.9 Å². The quantitative estimate of drug-likeness (QED) is 0.274. The maximum atomic E-state index is 13.0. The third-order valence-electron chi connectivity index (χ3n) is 5.25. The number of amides is 1. The number of esters is 1. The molecule has 0 aliphatic rings. The van der Waals surface area contributed by atoms with Gasteiger partial charge in [-0.15, -0.1) is 0 Å². The molecule has 0 aliphatic heterocycles. The van der Waals surface area contributed by atoms with Crippen LogP contribution < -0.4 is 4.80 Å². The van der Waals surface area contributed by atoms with Crippen LogP contribution in [0.4, 0.5) is 0 Å². The molecule has 1 heterocycles. The van der Waals surface area contributed by atoms with E-state index in [9.17, 15) is 14.4 Å². The molecule has 0 unspecified atom stereocenters. The molecular weight excluding hydrogens is 472 g/mol. The zero-order valence-corrected chi connectivity index (χ0v) is 20.2. The van der Waals surface area contributed by atoms with E-state index in [0.29, 0.717) is 26.5 Å². The summed E-state index contributed by atoms with van der Waals surface area (Å²) in [6.07, 6.45) is 0. The van der Waals surface area contributed by atoms with E-state index in [0.717, 1.165) is 15.8 Å². The number of nitrogens with zero attached hydrogens (tertiary/aromatic N) is 2. The van der Waals surface area contributed by atoms with Crippen molar-refractivity contribution in [3.63, 3.8) is 0 Å². The lowest BCUT2D eigenvalue weighted by Crippen LogP contribution is -2.23. The molecule has 34 heavy (non-hydrogen) atoms. The number of carbonyl (C=O) groups is 3. The lowest BCUT2D eigenvalue weighted by atomic mass is 10.0. The Balaban J connectivity index is 1.70. The highest BCUT2D eigenvalue weighted by Gasteiger charge is 2.16. The van der Waals surface area contributed by atoms with Crippen LogP contribution >= 0.6 is 22.9 Å². The van der Waals surface area contributed by atoms with Crippen molar-refractivity contribution in [3.05, 3.63) is 98.8 Å². The Morgan fingerprint density at radius 3 is 2.26 bits per heavy atom. The number of carbonyl (C=O) groups excluding carboxylic acids is 3. The molecule has 0 bridgehead atoms. The van der Waals surface area contributed by atoms with Gasteiger partial charge in [0.15, 0.2) is 10.6 Å². The second kappa shape index (κ2) is 10.2. The minimum Gasteiger partial charge on any atom is -0.465 e. The van der Waals surface area contributed by atoms with E-state index in [1.807, 2.05) is 19.1 Å². The topological polar surface area (TPSA) is 77.7 Å². The molecule has 0 atom stereocenters. The molecule has 3 aromatic carbocycles. The van der Waals surface area contributed by atoms with Gasteiger partial charge in [0.2, 0.25) is 0 Å². The number of benzene rings is 3. The van der Waals surface area contributed by atoms with Crippen molar-refractivity contribution in [1.29, 1.82) is 0 Å². The Kier molecular flexibility index (Phi) is 7.05. The molecule has 1 aromatic heterocycles. The molecule has 8 heteroatoms. The zero-order chi connectivity index (χ0) is 24.2. The van der Waals surface area contributed by atoms with Gasteiger partial charge in [-0.25, -0.2) is 0 Å². The normalized spacial score (nSPS) is 11.6. The Morgan fingerprint density at radius 1 is 0.941 bits per heavy atom. The molecule has 6 nitrogen and oxygen atoms in total. The Morgan fingerprint density at radius 2 is 1.59 bits per heavy atom. The lowest BCUT2D eigenvalue weighted by Gasteiger charge is -2.08. The average Bonchev–Trinajstić information content (AvgIpc) is 3.19. The second-order valence-corrected chi connectivity index (χ2v) is 8.90. The number of hydrogen-bond donors (Lipinski definition) is 0. The van der Waals surface area contributed by atoms with E-state index in [4.69, 9.17) is 16.3 Å². The number of halogens is 1. The molecule has 1 amide bonds. The van der Waals surface area contributed by atoms with Crippen LogP contribution in [0.5, 0.6) is 0 Å². The van der Waals surface area contributed by atoms with Gasteiger partial charge in [-0.05, 0) is 43.7 Å². The number of aryl methyl sites for hydroxylation is 1. The number of ketones is 1. The van der Waals surface area contributed by atoms with Crippen LogP contribution in [0.25, 0.3) is 10.2 Å². The molecule has 4 rings (SSSR count). The minimum atomic E-state index is -0.480. The first kappa shape index (κ1) is 23.6. The highest BCUT2D eigenvalue weighted by atomic mass is 35.5. The number of aromatic nitrogens is 1. The minimum absolute atomic E-state index is 0.0916. The van der Waals surface area contributed by atoms with Crippen LogP contribution in [-0.4, -0.2) is 28.8 Å². The third kappa shape index (κ3) is 4.85. The fourth-order valence-corrected chi connectivity index (χ4v) is 4.79. The molecular formula is C26H21ClN2O4S. The monoisotopic (exact) mass is 492 g/mol. The van der Waals surface area contributed by atoms with E-state index in [-0.39, 0.29) is 18.9 Å². The highest BCUT2D eigenvalue weighted by Crippen LogP contribution is 2.27. The van der Waals surface area contributed by atoms with Crippen molar-refractivity contribution in [2.24, 2.45) is 4.99 Å². The number of hydrogen-bond acceptors (Lipinski definition) is 5. The molecule has 0 spiro atoms. The Bertz CT molecular complexity index is 1450. The van der Waals surface area contributed by atoms with Crippen molar-refractivity contribution in [2.75, 3.05) is 6.61 Å². The summed E-state index contributed by atoms with van der Waals surface area (Å²) in [6, 6.07) is 18.9. The van der Waals surface area contributed by atoms with E-state index in [2.05, 4.69) is 4.99 Å². The first-order valence-electron chi connectivity index (χ1n) is 10.6. The third-order valence-corrected chi connectivity index (χ3v) is 6.70. The smallest absolute Gasteiger partial charge is 0.326 e. The predicted octanol–water partition coefficient (Wildman–Crippen LogP) is 5.20. The molecule has 0 N–H and O–H groups in total.